The van der Waals surface area contributed by atoms with Gasteiger partial charge in [-0.1, -0.05) is 30.3 Å². The summed E-state index contributed by atoms with van der Waals surface area (Å²) in [4.78, 5) is 26.2. The number of hydrogen-bond acceptors (Lipinski definition) is 3. The minimum absolute atomic E-state index is 0.0173. The first-order chi connectivity index (χ1) is 13.1. The Kier molecular flexibility index (Phi) is 6.47. The predicted molar refractivity (Wildman–Crippen MR) is 105 cm³/mol. The Balaban J connectivity index is 1.37. The summed E-state index contributed by atoms with van der Waals surface area (Å²) in [6.45, 7) is 1.55. The van der Waals surface area contributed by atoms with Crippen LogP contribution in [0.4, 0.5) is 0 Å². The molecule has 5 heteroatoms. The van der Waals surface area contributed by atoms with E-state index in [0.717, 1.165) is 38.8 Å². The van der Waals surface area contributed by atoms with E-state index in [0.29, 0.717) is 17.2 Å². The Morgan fingerprint density at radius 3 is 2.33 bits per heavy atom. The number of likely N-dealkylation sites (tertiary alicyclic amines) is 1. The predicted octanol–water partition coefficient (Wildman–Crippen LogP) is 2.99. The average molecular weight is 366 g/mol. The highest BCUT2D eigenvalue weighted by atomic mass is 16.3. The van der Waals surface area contributed by atoms with Crippen molar-refractivity contribution in [3.63, 3.8) is 0 Å². The second-order valence-corrected chi connectivity index (χ2v) is 7.08. The third-order valence-electron chi connectivity index (χ3n) is 5.18. The van der Waals surface area contributed by atoms with Crippen molar-refractivity contribution in [2.75, 3.05) is 19.6 Å². The molecule has 2 aromatic carbocycles. The molecule has 1 aliphatic heterocycles. The Bertz CT molecular complexity index is 751. The fourth-order valence-corrected chi connectivity index (χ4v) is 3.46. The van der Waals surface area contributed by atoms with Crippen molar-refractivity contribution in [2.45, 2.75) is 25.7 Å². The van der Waals surface area contributed by atoms with E-state index in [1.807, 2.05) is 23.1 Å². The second kappa shape index (κ2) is 9.21. The summed E-state index contributed by atoms with van der Waals surface area (Å²) >= 11 is 0. The number of aromatic hydroxyl groups is 1. The van der Waals surface area contributed by atoms with E-state index >= 15 is 0 Å². The lowest BCUT2D eigenvalue weighted by Gasteiger charge is -2.32. The average Bonchev–Trinajstić information content (AvgIpc) is 2.72. The van der Waals surface area contributed by atoms with Crippen LogP contribution in [0, 0.1) is 5.92 Å². The van der Waals surface area contributed by atoms with E-state index in [1.54, 1.807) is 36.4 Å². The van der Waals surface area contributed by atoms with Crippen LogP contribution in [0.3, 0.4) is 0 Å². The minimum Gasteiger partial charge on any atom is -0.508 e. The third kappa shape index (κ3) is 5.58. The van der Waals surface area contributed by atoms with Crippen molar-refractivity contribution in [1.29, 1.82) is 0 Å². The molecule has 5 nitrogen and oxygen atoms in total. The molecule has 2 amide bonds. The normalized spacial score (nSPS) is 14.7. The monoisotopic (exact) mass is 366 g/mol. The van der Waals surface area contributed by atoms with Gasteiger partial charge in [0.25, 0.3) is 5.91 Å². The van der Waals surface area contributed by atoms with E-state index in [-0.39, 0.29) is 18.4 Å². The largest absolute Gasteiger partial charge is 0.508 e. The molecular formula is C22H26N2O3. The number of phenolic OH excluding ortho intramolecular Hbond substituents is 1. The molecule has 2 aromatic rings. The molecule has 0 radical (unpaired) electrons. The number of nitrogens with one attached hydrogen (secondary N) is 1. The lowest BCUT2D eigenvalue weighted by Crippen LogP contribution is -2.44. The standard InChI is InChI=1S/C22H26N2O3/c25-20-10-8-17(9-11-20)6-7-18-12-14-24(15-13-18)21(26)16-23-22(27)19-4-2-1-3-5-19/h1-5,8-11,18,25H,6-7,12-16H2,(H,23,27). The van der Waals surface area contributed by atoms with Gasteiger partial charge in [-0.3, -0.25) is 9.59 Å². The van der Waals surface area contributed by atoms with Crippen LogP contribution in [0.15, 0.2) is 54.6 Å². The molecular weight excluding hydrogens is 340 g/mol. The van der Waals surface area contributed by atoms with Crippen molar-refractivity contribution in [3.05, 3.63) is 65.7 Å². The van der Waals surface area contributed by atoms with E-state index in [4.69, 9.17) is 0 Å². The Hall–Kier alpha value is -2.82. The SMILES string of the molecule is O=C(NCC(=O)N1CCC(CCc2ccc(O)cc2)CC1)c1ccccc1. The minimum atomic E-state index is -0.215. The summed E-state index contributed by atoms with van der Waals surface area (Å²) in [5.41, 5.74) is 1.80. The summed E-state index contributed by atoms with van der Waals surface area (Å²) < 4.78 is 0. The zero-order valence-electron chi connectivity index (χ0n) is 15.4. The van der Waals surface area contributed by atoms with Gasteiger partial charge < -0.3 is 15.3 Å². The first kappa shape index (κ1) is 19.0. The number of amides is 2. The quantitative estimate of drug-likeness (QED) is 0.826. The molecule has 1 saturated heterocycles. The van der Waals surface area contributed by atoms with Gasteiger partial charge >= 0.3 is 0 Å². The fraction of sp³-hybridized carbons (Fsp3) is 0.364. The Morgan fingerprint density at radius 2 is 1.67 bits per heavy atom. The number of carbonyl (C=O) groups is 2. The van der Waals surface area contributed by atoms with Crippen LogP contribution >= 0.6 is 0 Å². The number of carbonyl (C=O) groups excluding carboxylic acids is 2. The number of piperidine rings is 1. The summed E-state index contributed by atoms with van der Waals surface area (Å²) in [5, 5.41) is 12.0. The highest BCUT2D eigenvalue weighted by Gasteiger charge is 2.22. The molecule has 0 saturated carbocycles. The van der Waals surface area contributed by atoms with Gasteiger partial charge in [-0.2, -0.15) is 0 Å². The van der Waals surface area contributed by atoms with E-state index < -0.39 is 0 Å². The molecule has 3 rings (SSSR count). The fourth-order valence-electron chi connectivity index (χ4n) is 3.46. The first-order valence-corrected chi connectivity index (χ1v) is 9.51. The Labute approximate surface area is 160 Å². The van der Waals surface area contributed by atoms with E-state index in [2.05, 4.69) is 5.32 Å². The summed E-state index contributed by atoms with van der Waals surface area (Å²) in [5.74, 6) is 0.677. The van der Waals surface area contributed by atoms with Gasteiger partial charge in [-0.05, 0) is 61.4 Å². The van der Waals surface area contributed by atoms with Gasteiger partial charge in [0.15, 0.2) is 0 Å². The number of aryl methyl sites for hydroxylation is 1. The molecule has 0 unspecified atom stereocenters. The zero-order valence-corrected chi connectivity index (χ0v) is 15.4. The maximum absolute atomic E-state index is 12.3. The van der Waals surface area contributed by atoms with Gasteiger partial charge in [0.1, 0.15) is 5.75 Å². The molecule has 0 bridgehead atoms. The van der Waals surface area contributed by atoms with E-state index in [9.17, 15) is 14.7 Å². The number of benzene rings is 2. The topological polar surface area (TPSA) is 69.6 Å². The highest BCUT2D eigenvalue weighted by Crippen LogP contribution is 2.23. The number of hydrogen-bond donors (Lipinski definition) is 2. The van der Waals surface area contributed by atoms with Crippen molar-refractivity contribution >= 4 is 11.8 Å². The lowest BCUT2D eigenvalue weighted by molar-refractivity contribution is -0.131. The molecule has 1 fully saturated rings. The maximum Gasteiger partial charge on any atom is 0.251 e. The second-order valence-electron chi connectivity index (χ2n) is 7.08. The molecule has 142 valence electrons. The molecule has 0 aromatic heterocycles. The summed E-state index contributed by atoms with van der Waals surface area (Å²) in [6, 6.07) is 16.3. The molecule has 2 N–H and O–H groups in total. The van der Waals surface area contributed by atoms with Crippen molar-refractivity contribution in [1.82, 2.24) is 10.2 Å². The van der Waals surface area contributed by atoms with Crippen LogP contribution < -0.4 is 5.32 Å². The Morgan fingerprint density at radius 1 is 1.00 bits per heavy atom. The summed E-state index contributed by atoms with van der Waals surface area (Å²) in [6.07, 6.45) is 4.08. The van der Waals surface area contributed by atoms with Crippen molar-refractivity contribution < 1.29 is 14.7 Å². The highest BCUT2D eigenvalue weighted by molar-refractivity contribution is 5.96. The maximum atomic E-state index is 12.3. The zero-order chi connectivity index (χ0) is 19.1. The van der Waals surface area contributed by atoms with Crippen molar-refractivity contribution in [2.24, 2.45) is 5.92 Å². The molecule has 0 atom stereocenters. The molecule has 1 heterocycles. The molecule has 1 aliphatic rings. The van der Waals surface area contributed by atoms with Crippen LogP contribution in [0.5, 0.6) is 5.75 Å². The van der Waals surface area contributed by atoms with Gasteiger partial charge in [0, 0.05) is 18.7 Å². The smallest absolute Gasteiger partial charge is 0.251 e. The summed E-state index contributed by atoms with van der Waals surface area (Å²) in [7, 11) is 0. The molecule has 27 heavy (non-hydrogen) atoms. The van der Waals surface area contributed by atoms with Crippen LogP contribution in [0.2, 0.25) is 0 Å². The van der Waals surface area contributed by atoms with Crippen LogP contribution in [0.1, 0.15) is 35.2 Å². The lowest BCUT2D eigenvalue weighted by atomic mass is 9.90. The number of nitrogens with zero attached hydrogens (tertiary/aromatic N) is 1. The van der Waals surface area contributed by atoms with Gasteiger partial charge in [0.2, 0.25) is 5.91 Å². The van der Waals surface area contributed by atoms with Crippen LogP contribution in [-0.4, -0.2) is 41.5 Å². The first-order valence-electron chi connectivity index (χ1n) is 9.51. The van der Waals surface area contributed by atoms with Crippen LogP contribution in [0.25, 0.3) is 0 Å². The van der Waals surface area contributed by atoms with Crippen LogP contribution in [-0.2, 0) is 11.2 Å². The van der Waals surface area contributed by atoms with Gasteiger partial charge in [-0.15, -0.1) is 0 Å². The van der Waals surface area contributed by atoms with Crippen molar-refractivity contribution in [3.8, 4) is 5.75 Å². The molecule has 0 spiro atoms. The number of rotatable bonds is 6. The third-order valence-corrected chi connectivity index (χ3v) is 5.18. The molecule has 0 aliphatic carbocycles. The number of phenols is 1. The van der Waals surface area contributed by atoms with Gasteiger partial charge in [-0.25, -0.2) is 0 Å². The van der Waals surface area contributed by atoms with E-state index in [1.165, 1.54) is 5.56 Å². The van der Waals surface area contributed by atoms with Gasteiger partial charge in [0.05, 0.1) is 6.54 Å².